The van der Waals surface area contributed by atoms with Gasteiger partial charge >= 0.3 is 0 Å². The van der Waals surface area contributed by atoms with Gasteiger partial charge in [0.15, 0.2) is 5.65 Å². The molecule has 0 bridgehead atoms. The summed E-state index contributed by atoms with van der Waals surface area (Å²) in [6, 6.07) is 17.8. The van der Waals surface area contributed by atoms with Gasteiger partial charge in [0.1, 0.15) is 11.3 Å². The molecule has 2 amide bonds. The number of nitrogens with zero attached hydrogens (tertiary/aromatic N) is 6. The third-order valence-electron chi connectivity index (χ3n) is 5.99. The Hall–Kier alpha value is -4.73. The van der Waals surface area contributed by atoms with Crippen molar-refractivity contribution >= 4 is 33.9 Å². The zero-order valence-electron chi connectivity index (χ0n) is 20.3. The predicted octanol–water partition coefficient (Wildman–Crippen LogP) is 3.44. The van der Waals surface area contributed by atoms with E-state index in [1.54, 1.807) is 43.2 Å². The first-order valence-corrected chi connectivity index (χ1v) is 11.7. The molecule has 0 aliphatic heterocycles. The molecule has 2 aromatic carbocycles. The van der Waals surface area contributed by atoms with Gasteiger partial charge in [-0.25, -0.2) is 14.1 Å². The molecule has 37 heavy (non-hydrogen) atoms. The number of hydrogen-bond donors (Lipinski definition) is 1. The normalized spacial score (nSPS) is 11.1. The Morgan fingerprint density at radius 3 is 2.68 bits per heavy atom. The van der Waals surface area contributed by atoms with E-state index in [9.17, 15) is 14.0 Å². The van der Waals surface area contributed by atoms with Crippen molar-refractivity contribution in [2.75, 3.05) is 20.6 Å². The van der Waals surface area contributed by atoms with E-state index in [0.29, 0.717) is 29.0 Å². The summed E-state index contributed by atoms with van der Waals surface area (Å²) in [5.74, 6) is -1.37. The molecule has 3 aromatic heterocycles. The topological polar surface area (TPSA) is 106 Å². The molecule has 0 atom stereocenters. The number of aromatic nitrogens is 5. The summed E-state index contributed by atoms with van der Waals surface area (Å²) < 4.78 is 16.5. The Bertz CT molecular complexity index is 1630. The largest absolute Gasteiger partial charge is 0.351 e. The number of nitrogens with one attached hydrogen (secondary N) is 1. The van der Waals surface area contributed by atoms with Crippen molar-refractivity contribution in [2.24, 2.45) is 0 Å². The first-order chi connectivity index (χ1) is 17.9. The molecule has 0 radical (unpaired) electrons. The number of hydrogen-bond acceptors (Lipinski definition) is 6. The third kappa shape index (κ3) is 5.13. The maximum Gasteiger partial charge on any atom is 0.254 e. The number of benzene rings is 2. The van der Waals surface area contributed by atoms with E-state index >= 15 is 0 Å². The molecule has 186 valence electrons. The van der Waals surface area contributed by atoms with Crippen LogP contribution in [0.2, 0.25) is 0 Å². The van der Waals surface area contributed by atoms with Crippen LogP contribution in [-0.2, 0) is 11.3 Å². The Balaban J connectivity index is 1.35. The summed E-state index contributed by atoms with van der Waals surface area (Å²) in [7, 11) is 3.27. The van der Waals surface area contributed by atoms with Gasteiger partial charge < -0.3 is 10.2 Å². The second-order valence-corrected chi connectivity index (χ2v) is 8.81. The van der Waals surface area contributed by atoms with Crippen LogP contribution >= 0.6 is 0 Å². The van der Waals surface area contributed by atoms with Gasteiger partial charge in [-0.15, -0.1) is 5.10 Å². The van der Waals surface area contributed by atoms with Crippen molar-refractivity contribution in [3.8, 4) is 11.3 Å². The molecule has 0 aliphatic carbocycles. The van der Waals surface area contributed by atoms with E-state index in [1.807, 2.05) is 24.3 Å². The van der Waals surface area contributed by atoms with Crippen LogP contribution in [0.25, 0.3) is 33.3 Å². The minimum atomic E-state index is -0.674. The second-order valence-electron chi connectivity index (χ2n) is 8.81. The highest BCUT2D eigenvalue weighted by molar-refractivity contribution is 5.95. The Labute approximate surface area is 211 Å². The van der Waals surface area contributed by atoms with Gasteiger partial charge in [-0.05, 0) is 48.0 Å². The molecule has 5 rings (SSSR count). The molecule has 0 spiro atoms. The lowest BCUT2D eigenvalue weighted by Gasteiger charge is -2.11. The van der Waals surface area contributed by atoms with E-state index in [1.165, 1.54) is 17.0 Å². The van der Waals surface area contributed by atoms with Crippen LogP contribution in [0.5, 0.6) is 0 Å². The third-order valence-corrected chi connectivity index (χ3v) is 5.99. The van der Waals surface area contributed by atoms with Gasteiger partial charge in [0.25, 0.3) is 5.91 Å². The van der Waals surface area contributed by atoms with Crippen LogP contribution < -0.4 is 5.32 Å². The maximum absolute atomic E-state index is 14.8. The fourth-order valence-electron chi connectivity index (χ4n) is 3.98. The quantitative estimate of drug-likeness (QED) is 0.369. The van der Waals surface area contributed by atoms with Crippen molar-refractivity contribution in [2.45, 2.75) is 13.0 Å². The van der Waals surface area contributed by atoms with Crippen molar-refractivity contribution in [3.63, 3.8) is 0 Å². The molecule has 0 aliphatic rings. The Morgan fingerprint density at radius 2 is 1.86 bits per heavy atom. The lowest BCUT2D eigenvalue weighted by atomic mass is 10.1. The number of rotatable bonds is 7. The minimum Gasteiger partial charge on any atom is -0.351 e. The first kappa shape index (κ1) is 24.0. The molecule has 0 fully saturated rings. The van der Waals surface area contributed by atoms with Crippen LogP contribution in [0, 0.1) is 5.82 Å². The lowest BCUT2D eigenvalue weighted by Crippen LogP contribution is -2.30. The van der Waals surface area contributed by atoms with E-state index in [4.69, 9.17) is 0 Å². The van der Waals surface area contributed by atoms with E-state index in [2.05, 4.69) is 31.7 Å². The zero-order chi connectivity index (χ0) is 25.9. The van der Waals surface area contributed by atoms with Crippen LogP contribution in [0.1, 0.15) is 22.3 Å². The van der Waals surface area contributed by atoms with Gasteiger partial charge in [-0.1, -0.05) is 23.4 Å². The molecule has 5 aromatic rings. The van der Waals surface area contributed by atoms with E-state index in [-0.39, 0.29) is 24.4 Å². The summed E-state index contributed by atoms with van der Waals surface area (Å²) in [6.07, 6.45) is 1.90. The molecule has 1 N–H and O–H groups in total. The van der Waals surface area contributed by atoms with Crippen LogP contribution in [-0.4, -0.2) is 62.3 Å². The number of amides is 2. The van der Waals surface area contributed by atoms with Crippen LogP contribution in [0.15, 0.2) is 66.9 Å². The highest BCUT2D eigenvalue weighted by Gasteiger charge is 2.15. The molecular weight excluding hydrogens is 473 g/mol. The molecule has 0 saturated heterocycles. The average molecular weight is 498 g/mol. The summed E-state index contributed by atoms with van der Waals surface area (Å²) in [5.41, 5.74) is 4.07. The number of carbonyl (C=O) groups is 2. The molecule has 3 heterocycles. The average Bonchev–Trinajstić information content (AvgIpc) is 3.30. The monoisotopic (exact) mass is 497 g/mol. The zero-order valence-corrected chi connectivity index (χ0v) is 20.3. The van der Waals surface area contributed by atoms with Crippen molar-refractivity contribution in [1.29, 1.82) is 0 Å². The highest BCUT2D eigenvalue weighted by Crippen LogP contribution is 2.23. The van der Waals surface area contributed by atoms with Crippen molar-refractivity contribution in [1.82, 2.24) is 35.2 Å². The second kappa shape index (κ2) is 10.1. The lowest BCUT2D eigenvalue weighted by molar-refractivity contribution is -0.128. The molecular formula is C27H24FN7O2. The number of pyridine rings is 2. The maximum atomic E-state index is 14.8. The fraction of sp³-hybridized carbons (Fsp3) is 0.185. The first-order valence-electron chi connectivity index (χ1n) is 11.7. The summed E-state index contributed by atoms with van der Waals surface area (Å²) >= 11 is 0. The van der Waals surface area contributed by atoms with Crippen LogP contribution in [0.3, 0.4) is 0 Å². The minimum absolute atomic E-state index is 0.0976. The number of halogens is 1. The van der Waals surface area contributed by atoms with Gasteiger partial charge in [0, 0.05) is 44.2 Å². The molecule has 0 saturated carbocycles. The van der Waals surface area contributed by atoms with E-state index < -0.39 is 11.7 Å². The van der Waals surface area contributed by atoms with Gasteiger partial charge in [0.05, 0.1) is 23.3 Å². The summed E-state index contributed by atoms with van der Waals surface area (Å²) in [5, 5.41) is 12.1. The number of carbonyl (C=O) groups excluding carboxylic acids is 2. The summed E-state index contributed by atoms with van der Waals surface area (Å²) in [4.78, 5) is 34.5. The smallest absolute Gasteiger partial charge is 0.254 e. The predicted molar refractivity (Wildman–Crippen MR) is 137 cm³/mol. The SMILES string of the molecule is CN(C)C(=O)CCNC(=O)c1ccc(-c2ccc3nnn(Cc4ccc5ncccc5c4)c3n2)cc1F. The fourth-order valence-corrected chi connectivity index (χ4v) is 3.98. The molecule has 0 unspecified atom stereocenters. The standard InChI is InChI=1S/C27H24FN7O2/c1-34(2)25(36)11-13-30-27(37)20-7-6-19(15-21(20)28)23-9-10-24-26(31-23)35(33-32-24)16-17-5-8-22-18(14-17)4-3-12-29-22/h3-10,12,14-15H,11,13,16H2,1-2H3,(H,30,37). The van der Waals surface area contributed by atoms with Gasteiger partial charge in [0.2, 0.25) is 5.91 Å². The van der Waals surface area contributed by atoms with Crippen molar-refractivity contribution in [3.05, 3.63) is 83.8 Å². The van der Waals surface area contributed by atoms with Crippen molar-refractivity contribution < 1.29 is 14.0 Å². The molecule has 9 nitrogen and oxygen atoms in total. The van der Waals surface area contributed by atoms with Crippen LogP contribution in [0.4, 0.5) is 4.39 Å². The number of fused-ring (bicyclic) bond motifs is 2. The Morgan fingerprint density at radius 1 is 1.03 bits per heavy atom. The van der Waals surface area contributed by atoms with Gasteiger partial charge in [-0.3, -0.25) is 14.6 Å². The Kier molecular flexibility index (Phi) is 6.55. The van der Waals surface area contributed by atoms with Gasteiger partial charge in [-0.2, -0.15) is 0 Å². The highest BCUT2D eigenvalue weighted by atomic mass is 19.1. The van der Waals surface area contributed by atoms with E-state index in [0.717, 1.165) is 16.5 Å². The molecule has 10 heteroatoms. The summed E-state index contributed by atoms with van der Waals surface area (Å²) in [6.45, 7) is 0.585.